The molecule has 2 aromatic rings. The molecule has 0 atom stereocenters. The van der Waals surface area contributed by atoms with Crippen LogP contribution >= 0.6 is 12.4 Å². The average Bonchev–Trinajstić information content (AvgIpc) is 2.56. The van der Waals surface area contributed by atoms with Crippen LogP contribution in [0.5, 0.6) is 0 Å². The molecule has 1 saturated heterocycles. The molecule has 2 N–H and O–H groups in total. The van der Waals surface area contributed by atoms with Crippen LogP contribution in [0.25, 0.3) is 10.9 Å². The Balaban J connectivity index is 0.00000192. The maximum Gasteiger partial charge on any atom is 0.276 e. The zero-order valence-electron chi connectivity index (χ0n) is 13.4. The van der Waals surface area contributed by atoms with E-state index in [1.807, 2.05) is 23.1 Å². The molecule has 0 unspecified atom stereocenters. The van der Waals surface area contributed by atoms with Gasteiger partial charge in [0.15, 0.2) is 5.69 Å². The standard InChI is InChI=1S/C17H22N4O.ClH/c1-2-7-12-8-6-9-13-14(18)16(20-19-15(12)13)17(22)21-10-4-3-5-11-21;/h6,8-9H,2-5,7,10-11H2,1H3,(H2,18,19);1H. The summed E-state index contributed by atoms with van der Waals surface area (Å²) >= 11 is 0. The lowest BCUT2D eigenvalue weighted by atomic mass is 10.0. The Kier molecular flexibility index (Phi) is 5.77. The molecule has 1 aromatic heterocycles. The van der Waals surface area contributed by atoms with Gasteiger partial charge in [0.05, 0.1) is 11.2 Å². The fourth-order valence-corrected chi connectivity index (χ4v) is 3.08. The van der Waals surface area contributed by atoms with E-state index in [1.54, 1.807) is 0 Å². The Morgan fingerprint density at radius 1 is 1.22 bits per heavy atom. The number of benzene rings is 1. The number of carbonyl (C=O) groups excluding carboxylic acids is 1. The molecule has 23 heavy (non-hydrogen) atoms. The highest BCUT2D eigenvalue weighted by Gasteiger charge is 2.23. The van der Waals surface area contributed by atoms with E-state index in [4.69, 9.17) is 5.73 Å². The summed E-state index contributed by atoms with van der Waals surface area (Å²) in [7, 11) is 0. The number of piperidine rings is 1. The molecular weight excluding hydrogens is 312 g/mol. The Bertz CT molecular complexity index is 698. The number of fused-ring (bicyclic) bond motifs is 1. The van der Waals surface area contributed by atoms with Gasteiger partial charge in [-0.1, -0.05) is 31.5 Å². The van der Waals surface area contributed by atoms with Gasteiger partial charge in [-0.05, 0) is 31.2 Å². The zero-order chi connectivity index (χ0) is 15.5. The van der Waals surface area contributed by atoms with Gasteiger partial charge in [0.2, 0.25) is 0 Å². The van der Waals surface area contributed by atoms with E-state index in [1.165, 1.54) is 6.42 Å². The van der Waals surface area contributed by atoms with E-state index < -0.39 is 0 Å². The molecule has 1 aliphatic heterocycles. The van der Waals surface area contributed by atoms with Crippen LogP contribution in [0.1, 0.15) is 48.7 Å². The number of aromatic nitrogens is 2. The van der Waals surface area contributed by atoms with Crippen molar-refractivity contribution in [2.75, 3.05) is 18.8 Å². The first-order valence-electron chi connectivity index (χ1n) is 8.05. The number of anilines is 1. The molecule has 124 valence electrons. The van der Waals surface area contributed by atoms with Crippen molar-refractivity contribution < 1.29 is 4.79 Å². The molecule has 1 aromatic carbocycles. The van der Waals surface area contributed by atoms with Gasteiger partial charge in [-0.3, -0.25) is 4.79 Å². The molecule has 0 bridgehead atoms. The number of rotatable bonds is 3. The largest absolute Gasteiger partial charge is 0.396 e. The predicted octanol–water partition coefficient (Wildman–Crippen LogP) is 3.21. The van der Waals surface area contributed by atoms with Crippen LogP contribution in [0.2, 0.25) is 0 Å². The third-order valence-corrected chi connectivity index (χ3v) is 4.28. The lowest BCUT2D eigenvalue weighted by Crippen LogP contribution is -2.36. The second-order valence-electron chi connectivity index (χ2n) is 5.88. The monoisotopic (exact) mass is 334 g/mol. The minimum absolute atomic E-state index is 0. The van der Waals surface area contributed by atoms with Crippen LogP contribution in [0.4, 0.5) is 5.69 Å². The zero-order valence-corrected chi connectivity index (χ0v) is 14.2. The van der Waals surface area contributed by atoms with Crippen molar-refractivity contribution >= 4 is 34.9 Å². The first kappa shape index (κ1) is 17.5. The van der Waals surface area contributed by atoms with E-state index in [9.17, 15) is 4.79 Å². The number of halogens is 1. The molecule has 0 saturated carbocycles. The van der Waals surface area contributed by atoms with Crippen molar-refractivity contribution in [2.45, 2.75) is 39.0 Å². The van der Waals surface area contributed by atoms with E-state index >= 15 is 0 Å². The molecule has 0 spiro atoms. The smallest absolute Gasteiger partial charge is 0.276 e. The number of amides is 1. The first-order chi connectivity index (χ1) is 10.7. The summed E-state index contributed by atoms with van der Waals surface area (Å²) < 4.78 is 0. The van der Waals surface area contributed by atoms with Gasteiger partial charge < -0.3 is 10.6 Å². The summed E-state index contributed by atoms with van der Waals surface area (Å²) in [5, 5.41) is 9.29. The molecule has 6 heteroatoms. The van der Waals surface area contributed by atoms with Crippen molar-refractivity contribution in [3.8, 4) is 0 Å². The molecule has 1 fully saturated rings. The summed E-state index contributed by atoms with van der Waals surface area (Å²) in [4.78, 5) is 14.5. The fraction of sp³-hybridized carbons (Fsp3) is 0.471. The number of nitrogens with two attached hydrogens (primary N) is 1. The minimum atomic E-state index is -0.0903. The normalized spacial score (nSPS) is 14.6. The quantitative estimate of drug-likeness (QED) is 0.935. The SMILES string of the molecule is CCCc1cccc2c(N)c(C(=O)N3CCCCC3)nnc12.Cl. The van der Waals surface area contributed by atoms with E-state index in [0.29, 0.717) is 11.4 Å². The van der Waals surface area contributed by atoms with Crippen LogP contribution < -0.4 is 5.73 Å². The van der Waals surface area contributed by atoms with Gasteiger partial charge in [0, 0.05) is 18.5 Å². The highest BCUT2D eigenvalue weighted by molar-refractivity contribution is 6.05. The summed E-state index contributed by atoms with van der Waals surface area (Å²) in [6.45, 7) is 3.70. The first-order valence-corrected chi connectivity index (χ1v) is 8.05. The Hall–Kier alpha value is -1.88. The third-order valence-electron chi connectivity index (χ3n) is 4.28. The summed E-state index contributed by atoms with van der Waals surface area (Å²) in [5.41, 5.74) is 8.95. The molecule has 3 rings (SSSR count). The Labute approximate surface area is 142 Å². The van der Waals surface area contributed by atoms with Crippen molar-refractivity contribution in [3.05, 3.63) is 29.5 Å². The average molecular weight is 335 g/mol. The second-order valence-corrected chi connectivity index (χ2v) is 5.88. The van der Waals surface area contributed by atoms with E-state index in [2.05, 4.69) is 17.1 Å². The topological polar surface area (TPSA) is 72.1 Å². The van der Waals surface area contributed by atoms with E-state index in [-0.39, 0.29) is 18.3 Å². The van der Waals surface area contributed by atoms with Crippen LogP contribution in [-0.2, 0) is 6.42 Å². The Morgan fingerprint density at radius 3 is 2.65 bits per heavy atom. The molecule has 0 aliphatic carbocycles. The number of aryl methyl sites for hydroxylation is 1. The van der Waals surface area contributed by atoms with Crippen molar-refractivity contribution in [3.63, 3.8) is 0 Å². The Morgan fingerprint density at radius 2 is 1.96 bits per heavy atom. The molecular formula is C17H23ClN4O. The maximum absolute atomic E-state index is 12.6. The van der Waals surface area contributed by atoms with Crippen molar-refractivity contribution in [2.24, 2.45) is 0 Å². The number of nitrogen functional groups attached to an aromatic ring is 1. The van der Waals surface area contributed by atoms with Gasteiger partial charge in [-0.25, -0.2) is 0 Å². The predicted molar refractivity (Wildman–Crippen MR) is 94.9 cm³/mol. The van der Waals surface area contributed by atoms with Crippen LogP contribution in [0, 0.1) is 0 Å². The van der Waals surface area contributed by atoms with E-state index in [0.717, 1.165) is 55.2 Å². The highest BCUT2D eigenvalue weighted by Crippen LogP contribution is 2.26. The number of nitrogens with zero attached hydrogens (tertiary/aromatic N) is 3. The van der Waals surface area contributed by atoms with Crippen molar-refractivity contribution in [1.82, 2.24) is 15.1 Å². The summed E-state index contributed by atoms with van der Waals surface area (Å²) in [6, 6.07) is 5.94. The maximum atomic E-state index is 12.6. The molecule has 0 radical (unpaired) electrons. The number of carbonyl (C=O) groups is 1. The molecule has 1 amide bonds. The van der Waals surface area contributed by atoms with Crippen LogP contribution in [0.3, 0.4) is 0 Å². The van der Waals surface area contributed by atoms with Crippen LogP contribution in [0.15, 0.2) is 18.2 Å². The van der Waals surface area contributed by atoms with Crippen LogP contribution in [-0.4, -0.2) is 34.1 Å². The van der Waals surface area contributed by atoms with Gasteiger partial charge >= 0.3 is 0 Å². The molecule has 5 nitrogen and oxygen atoms in total. The number of hydrogen-bond donors (Lipinski definition) is 1. The third kappa shape index (κ3) is 3.39. The summed E-state index contributed by atoms with van der Waals surface area (Å²) in [5.74, 6) is -0.0903. The van der Waals surface area contributed by atoms with Gasteiger partial charge in [0.1, 0.15) is 0 Å². The molecule has 1 aliphatic rings. The lowest BCUT2D eigenvalue weighted by molar-refractivity contribution is 0.0718. The fourth-order valence-electron chi connectivity index (χ4n) is 3.08. The summed E-state index contributed by atoms with van der Waals surface area (Å²) in [6.07, 6.45) is 5.25. The van der Waals surface area contributed by atoms with Gasteiger partial charge in [-0.15, -0.1) is 22.6 Å². The number of likely N-dealkylation sites (tertiary alicyclic amines) is 1. The molecule has 2 heterocycles. The van der Waals surface area contributed by atoms with Crippen molar-refractivity contribution in [1.29, 1.82) is 0 Å². The van der Waals surface area contributed by atoms with Gasteiger partial charge in [-0.2, -0.15) is 0 Å². The number of hydrogen-bond acceptors (Lipinski definition) is 4. The second kappa shape index (κ2) is 7.59. The highest BCUT2D eigenvalue weighted by atomic mass is 35.5. The van der Waals surface area contributed by atoms with Gasteiger partial charge in [0.25, 0.3) is 5.91 Å². The minimum Gasteiger partial charge on any atom is -0.396 e. The lowest BCUT2D eigenvalue weighted by Gasteiger charge is -2.26.